The van der Waals surface area contributed by atoms with E-state index < -0.39 is 0 Å². The maximum atomic E-state index is 13.1. The molecule has 3 saturated heterocycles. The highest BCUT2D eigenvalue weighted by atomic mass is 16.6. The van der Waals surface area contributed by atoms with Gasteiger partial charge < -0.3 is 33.5 Å². The van der Waals surface area contributed by atoms with E-state index in [1.807, 2.05) is 0 Å². The second kappa shape index (κ2) is 8.92. The molecule has 0 unspecified atom stereocenters. The molecule has 0 N–H and O–H groups in total. The molecule has 5 aliphatic rings. The van der Waals surface area contributed by atoms with E-state index in [1.165, 1.54) is 10.5 Å². The Morgan fingerprint density at radius 2 is 1.89 bits per heavy atom. The number of amides is 2. The third kappa shape index (κ3) is 4.55. The van der Waals surface area contributed by atoms with Crippen molar-refractivity contribution in [2.45, 2.75) is 69.5 Å². The Hall–Kier alpha value is -1.84. The molecule has 1 spiro atoms. The van der Waals surface area contributed by atoms with Crippen molar-refractivity contribution in [3.63, 3.8) is 0 Å². The van der Waals surface area contributed by atoms with Crippen LogP contribution in [0.5, 0.6) is 0 Å². The lowest BCUT2D eigenvalue weighted by Crippen LogP contribution is -2.56. The number of ether oxygens (including phenoxy) is 5. The Bertz CT molecular complexity index is 871. The molecule has 2 aliphatic carbocycles. The fourth-order valence-electron chi connectivity index (χ4n) is 6.62. The van der Waals surface area contributed by atoms with Crippen molar-refractivity contribution in [3.05, 3.63) is 11.6 Å². The number of epoxide rings is 2. The molecule has 0 aromatic carbocycles. The van der Waals surface area contributed by atoms with E-state index in [0.29, 0.717) is 44.1 Å². The predicted octanol–water partition coefficient (Wildman–Crippen LogP) is 3.08. The lowest BCUT2D eigenvalue weighted by Gasteiger charge is -2.43. The normalized spacial score (nSPS) is 42.8. The van der Waals surface area contributed by atoms with E-state index in [4.69, 9.17) is 23.7 Å². The highest BCUT2D eigenvalue weighted by molar-refractivity contribution is 5.69. The largest absolute Gasteiger partial charge is 0.449 e. The zero-order chi connectivity index (χ0) is 25.1. The number of allylic oxidation sites excluding steroid dienone is 1. The van der Waals surface area contributed by atoms with Gasteiger partial charge in [0.15, 0.2) is 0 Å². The molecule has 9 heteroatoms. The molecule has 0 aromatic rings. The van der Waals surface area contributed by atoms with Crippen molar-refractivity contribution in [1.29, 1.82) is 0 Å². The molecule has 196 valence electrons. The summed E-state index contributed by atoms with van der Waals surface area (Å²) in [4.78, 5) is 28.0. The number of rotatable bonds is 7. The quantitative estimate of drug-likeness (QED) is 0.398. The number of fused-ring (bicyclic) bond motifs is 1. The number of carbonyl (C=O) groups is 2. The fraction of sp³-hybridized carbons (Fsp3) is 0.846. The van der Waals surface area contributed by atoms with Gasteiger partial charge in [-0.25, -0.2) is 9.59 Å². The average Bonchev–Trinajstić information content (AvgIpc) is 3.77. The molecule has 3 aliphatic heterocycles. The molecule has 0 radical (unpaired) electrons. The summed E-state index contributed by atoms with van der Waals surface area (Å²) in [5.41, 5.74) is 0.700. The summed E-state index contributed by atoms with van der Waals surface area (Å²) in [5.74, 6) is 1.12. The monoisotopic (exact) mass is 492 g/mol. The highest BCUT2D eigenvalue weighted by Crippen LogP contribution is 2.60. The second-order valence-corrected chi connectivity index (χ2v) is 11.7. The number of methoxy groups -OCH3 is 1. The van der Waals surface area contributed by atoms with Crippen LogP contribution in [0.4, 0.5) is 9.59 Å². The third-order valence-electron chi connectivity index (χ3n) is 8.88. The first kappa shape index (κ1) is 24.8. The molecule has 9 nitrogen and oxygen atoms in total. The minimum atomic E-state index is -0.347. The summed E-state index contributed by atoms with van der Waals surface area (Å²) in [6, 6.07) is 0. The molecule has 2 saturated carbocycles. The SMILES string of the molecule is CO[C@@H]1[C@H](OC(=O)N2C[C@@H]3[C@@H](COC(=O)N(C)C)[C@@H]3C2)CC[C@]2(CO2)[C@H]1[C@@]1(C)O[C@@H]1CC=C(C)C. The van der Waals surface area contributed by atoms with Crippen LogP contribution in [0, 0.1) is 23.7 Å². The lowest BCUT2D eigenvalue weighted by atomic mass is 9.68. The Kier molecular flexibility index (Phi) is 6.33. The van der Waals surface area contributed by atoms with Crippen LogP contribution in [0.1, 0.15) is 40.0 Å². The van der Waals surface area contributed by atoms with E-state index >= 15 is 0 Å². The minimum Gasteiger partial charge on any atom is -0.449 e. The van der Waals surface area contributed by atoms with Crippen LogP contribution in [0.3, 0.4) is 0 Å². The van der Waals surface area contributed by atoms with E-state index in [1.54, 1.807) is 26.1 Å². The first-order valence-corrected chi connectivity index (χ1v) is 12.9. The number of nitrogens with zero attached hydrogens (tertiary/aromatic N) is 2. The van der Waals surface area contributed by atoms with Gasteiger partial charge in [0, 0.05) is 40.2 Å². The summed E-state index contributed by atoms with van der Waals surface area (Å²) in [7, 11) is 5.04. The number of carbonyl (C=O) groups excluding carboxylic acids is 2. The second-order valence-electron chi connectivity index (χ2n) is 11.7. The van der Waals surface area contributed by atoms with Crippen molar-refractivity contribution in [1.82, 2.24) is 9.80 Å². The molecule has 0 aromatic heterocycles. The van der Waals surface area contributed by atoms with Crippen molar-refractivity contribution in [2.24, 2.45) is 23.7 Å². The molecule has 0 bridgehead atoms. The standard InChI is InChI=1S/C26H40N2O7/c1-15(2)7-8-20-25(3,35-20)22-21(31-6)19(9-10-26(22)14-33-26)34-24(30)28-11-16-17(12-28)18(16)13-32-23(29)27(4)5/h7,16-22H,8-14H2,1-6H3/t16-,17+,18+,19-,20-,21-,22-,25+,26+/m1/s1. The van der Waals surface area contributed by atoms with Crippen LogP contribution in [0.2, 0.25) is 0 Å². The summed E-state index contributed by atoms with van der Waals surface area (Å²) in [6.45, 7) is 8.78. The van der Waals surface area contributed by atoms with Crippen molar-refractivity contribution in [3.8, 4) is 0 Å². The molecule has 35 heavy (non-hydrogen) atoms. The van der Waals surface area contributed by atoms with Gasteiger partial charge in [-0.1, -0.05) is 11.6 Å². The smallest absolute Gasteiger partial charge is 0.410 e. The minimum absolute atomic E-state index is 0.0184. The van der Waals surface area contributed by atoms with Crippen molar-refractivity contribution >= 4 is 12.2 Å². The van der Waals surface area contributed by atoms with Crippen LogP contribution in [0.25, 0.3) is 0 Å². The predicted molar refractivity (Wildman–Crippen MR) is 127 cm³/mol. The van der Waals surface area contributed by atoms with Crippen molar-refractivity contribution in [2.75, 3.05) is 47.5 Å². The Morgan fingerprint density at radius 3 is 2.46 bits per heavy atom. The molecule has 5 rings (SSSR count). The number of hydrogen-bond acceptors (Lipinski definition) is 7. The van der Waals surface area contributed by atoms with Crippen LogP contribution in [0.15, 0.2) is 11.6 Å². The zero-order valence-electron chi connectivity index (χ0n) is 21.8. The Morgan fingerprint density at radius 1 is 1.20 bits per heavy atom. The van der Waals surface area contributed by atoms with E-state index in [0.717, 1.165) is 19.3 Å². The summed E-state index contributed by atoms with van der Waals surface area (Å²) in [5, 5.41) is 0. The molecule has 9 atom stereocenters. The van der Waals surface area contributed by atoms with Gasteiger partial charge in [0.2, 0.25) is 0 Å². The average molecular weight is 493 g/mol. The maximum Gasteiger partial charge on any atom is 0.410 e. The van der Waals surface area contributed by atoms with Gasteiger partial charge in [0.05, 0.1) is 25.2 Å². The molecule has 5 fully saturated rings. The first-order valence-electron chi connectivity index (χ1n) is 12.9. The molecule has 2 amide bonds. The number of hydrogen-bond donors (Lipinski definition) is 0. The zero-order valence-corrected chi connectivity index (χ0v) is 21.8. The van der Waals surface area contributed by atoms with Crippen LogP contribution in [-0.4, -0.2) is 99.0 Å². The van der Waals surface area contributed by atoms with Gasteiger partial charge >= 0.3 is 12.2 Å². The highest BCUT2D eigenvalue weighted by Gasteiger charge is 2.72. The van der Waals surface area contributed by atoms with E-state index in [-0.39, 0.29) is 47.6 Å². The molecular formula is C26H40N2O7. The van der Waals surface area contributed by atoms with E-state index in [2.05, 4.69) is 26.8 Å². The van der Waals surface area contributed by atoms with Gasteiger partial charge in [-0.3, -0.25) is 0 Å². The number of piperidine rings is 1. The maximum absolute atomic E-state index is 13.1. The van der Waals surface area contributed by atoms with Gasteiger partial charge in [-0.2, -0.15) is 0 Å². The summed E-state index contributed by atoms with van der Waals surface area (Å²) < 4.78 is 29.6. The van der Waals surface area contributed by atoms with Gasteiger partial charge in [0.25, 0.3) is 0 Å². The van der Waals surface area contributed by atoms with Crippen LogP contribution >= 0.6 is 0 Å². The topological polar surface area (TPSA) is 93.4 Å². The van der Waals surface area contributed by atoms with Gasteiger partial charge in [0.1, 0.15) is 23.4 Å². The number of likely N-dealkylation sites (tertiary alicyclic amines) is 1. The molecule has 3 heterocycles. The van der Waals surface area contributed by atoms with E-state index in [9.17, 15) is 9.59 Å². The summed E-state index contributed by atoms with van der Waals surface area (Å²) in [6.07, 6.45) is 3.58. The molecular weight excluding hydrogens is 452 g/mol. The third-order valence-corrected chi connectivity index (χ3v) is 8.88. The Balaban J connectivity index is 1.17. The van der Waals surface area contributed by atoms with Gasteiger partial charge in [-0.15, -0.1) is 0 Å². The van der Waals surface area contributed by atoms with Gasteiger partial charge in [-0.05, 0) is 51.9 Å². The van der Waals surface area contributed by atoms with Crippen LogP contribution < -0.4 is 0 Å². The summed E-state index contributed by atoms with van der Waals surface area (Å²) >= 11 is 0. The van der Waals surface area contributed by atoms with Crippen LogP contribution in [-0.2, 0) is 23.7 Å². The first-order chi connectivity index (χ1) is 16.6. The fourth-order valence-corrected chi connectivity index (χ4v) is 6.62. The Labute approximate surface area is 208 Å². The lowest BCUT2D eigenvalue weighted by molar-refractivity contribution is -0.121. The van der Waals surface area contributed by atoms with Crippen molar-refractivity contribution < 1.29 is 33.3 Å².